The van der Waals surface area contributed by atoms with Crippen LogP contribution in [-0.4, -0.2) is 25.6 Å². The number of hydrogen-bond acceptors (Lipinski definition) is 3. The molecule has 0 radical (unpaired) electrons. The quantitative estimate of drug-likeness (QED) is 0.853. The van der Waals surface area contributed by atoms with E-state index in [-0.39, 0.29) is 5.91 Å². The Morgan fingerprint density at radius 3 is 2.82 bits per heavy atom. The number of carbonyl (C=O) groups excluding carboxylic acids is 1. The first kappa shape index (κ1) is 11.8. The molecule has 1 amide bonds. The van der Waals surface area contributed by atoms with Crippen molar-refractivity contribution in [2.45, 2.75) is 26.3 Å². The summed E-state index contributed by atoms with van der Waals surface area (Å²) in [4.78, 5) is 13.9. The van der Waals surface area contributed by atoms with Crippen molar-refractivity contribution in [3.05, 3.63) is 18.2 Å². The summed E-state index contributed by atoms with van der Waals surface area (Å²) < 4.78 is 5.18. The molecule has 0 aliphatic carbocycles. The van der Waals surface area contributed by atoms with Crippen LogP contribution in [0.25, 0.3) is 0 Å². The zero-order chi connectivity index (χ0) is 12.4. The van der Waals surface area contributed by atoms with Gasteiger partial charge in [0.25, 0.3) is 0 Å². The smallest absolute Gasteiger partial charge is 0.226 e. The van der Waals surface area contributed by atoms with Gasteiger partial charge in [0.15, 0.2) is 0 Å². The van der Waals surface area contributed by atoms with Crippen molar-refractivity contribution < 1.29 is 9.53 Å². The van der Waals surface area contributed by atoms with Gasteiger partial charge >= 0.3 is 0 Å². The summed E-state index contributed by atoms with van der Waals surface area (Å²) in [5.41, 5.74) is 1.90. The van der Waals surface area contributed by atoms with Gasteiger partial charge in [0, 0.05) is 25.1 Å². The fourth-order valence-electron chi connectivity index (χ4n) is 2.08. The Kier molecular flexibility index (Phi) is 3.22. The van der Waals surface area contributed by atoms with Crippen LogP contribution in [0.5, 0.6) is 5.75 Å². The molecule has 1 N–H and O–H groups in total. The van der Waals surface area contributed by atoms with Gasteiger partial charge < -0.3 is 15.0 Å². The Balaban J connectivity index is 2.44. The van der Waals surface area contributed by atoms with Crippen LogP contribution >= 0.6 is 0 Å². The summed E-state index contributed by atoms with van der Waals surface area (Å²) in [6.07, 6.45) is 0.523. The lowest BCUT2D eigenvalue weighted by atomic mass is 10.2. The minimum atomic E-state index is 0.0580. The molecule has 0 saturated carbocycles. The van der Waals surface area contributed by atoms with Gasteiger partial charge in [-0.1, -0.05) is 0 Å². The maximum absolute atomic E-state index is 11.6. The van der Waals surface area contributed by atoms with Gasteiger partial charge in [0.05, 0.1) is 18.5 Å². The van der Waals surface area contributed by atoms with Crippen LogP contribution < -0.4 is 15.0 Å². The first-order chi connectivity index (χ1) is 8.11. The Morgan fingerprint density at radius 1 is 1.41 bits per heavy atom. The fourth-order valence-corrected chi connectivity index (χ4v) is 2.08. The fraction of sp³-hybridized carbons (Fsp3) is 0.462. The van der Waals surface area contributed by atoms with Gasteiger partial charge in [-0.05, 0) is 26.0 Å². The molecule has 0 unspecified atom stereocenters. The molecule has 92 valence electrons. The highest BCUT2D eigenvalue weighted by Gasteiger charge is 2.21. The van der Waals surface area contributed by atoms with E-state index in [4.69, 9.17) is 4.74 Å². The zero-order valence-electron chi connectivity index (χ0n) is 10.5. The van der Waals surface area contributed by atoms with Crippen molar-refractivity contribution in [2.75, 3.05) is 23.9 Å². The van der Waals surface area contributed by atoms with Gasteiger partial charge in [0.1, 0.15) is 5.75 Å². The minimum absolute atomic E-state index is 0.0580. The number of nitrogens with one attached hydrogen (secondary N) is 1. The second-order valence-corrected chi connectivity index (χ2v) is 4.47. The molecule has 1 aromatic rings. The normalized spacial score (nSPS) is 15.3. The topological polar surface area (TPSA) is 41.6 Å². The van der Waals surface area contributed by atoms with Crippen LogP contribution in [0.2, 0.25) is 0 Å². The van der Waals surface area contributed by atoms with Crippen molar-refractivity contribution in [1.29, 1.82) is 0 Å². The van der Waals surface area contributed by atoms with E-state index in [0.29, 0.717) is 12.5 Å². The van der Waals surface area contributed by atoms with Crippen molar-refractivity contribution in [3.63, 3.8) is 0 Å². The number of hydrogen-bond donors (Lipinski definition) is 1. The molecule has 1 heterocycles. The molecule has 1 aromatic carbocycles. The maximum atomic E-state index is 11.6. The number of fused-ring (bicyclic) bond motifs is 1. The number of methoxy groups -OCH3 is 1. The average molecular weight is 234 g/mol. The first-order valence-corrected chi connectivity index (χ1v) is 5.86. The largest absolute Gasteiger partial charge is 0.497 e. The second-order valence-electron chi connectivity index (χ2n) is 4.47. The Hall–Kier alpha value is -1.71. The number of nitrogens with zero attached hydrogens (tertiary/aromatic N) is 1. The second kappa shape index (κ2) is 4.65. The highest BCUT2D eigenvalue weighted by atomic mass is 16.5. The van der Waals surface area contributed by atoms with Crippen LogP contribution in [-0.2, 0) is 4.79 Å². The molecule has 17 heavy (non-hydrogen) atoms. The Labute approximate surface area is 102 Å². The predicted octanol–water partition coefficient (Wildman–Crippen LogP) is 2.25. The minimum Gasteiger partial charge on any atom is -0.497 e. The average Bonchev–Trinajstić information content (AvgIpc) is 2.46. The van der Waals surface area contributed by atoms with Crippen molar-refractivity contribution in [3.8, 4) is 5.75 Å². The number of amides is 1. The summed E-state index contributed by atoms with van der Waals surface area (Å²) in [6, 6.07) is 6.16. The highest BCUT2D eigenvalue weighted by Crippen LogP contribution is 2.33. The lowest BCUT2D eigenvalue weighted by Gasteiger charge is -2.28. The zero-order valence-corrected chi connectivity index (χ0v) is 10.5. The predicted molar refractivity (Wildman–Crippen MR) is 68.7 cm³/mol. The van der Waals surface area contributed by atoms with Crippen LogP contribution in [0, 0.1) is 0 Å². The summed E-state index contributed by atoms with van der Waals surface area (Å²) in [6.45, 7) is 5.01. The monoisotopic (exact) mass is 234 g/mol. The van der Waals surface area contributed by atoms with E-state index >= 15 is 0 Å². The van der Waals surface area contributed by atoms with Crippen LogP contribution in [0.15, 0.2) is 18.2 Å². The molecule has 0 atom stereocenters. The lowest BCUT2D eigenvalue weighted by Crippen LogP contribution is -2.31. The highest BCUT2D eigenvalue weighted by molar-refractivity contribution is 5.96. The summed E-state index contributed by atoms with van der Waals surface area (Å²) >= 11 is 0. The van der Waals surface area contributed by atoms with E-state index in [9.17, 15) is 4.79 Å². The number of anilines is 2. The van der Waals surface area contributed by atoms with Crippen molar-refractivity contribution in [1.82, 2.24) is 0 Å². The van der Waals surface area contributed by atoms with E-state index in [1.165, 1.54) is 0 Å². The van der Waals surface area contributed by atoms with Gasteiger partial charge in [-0.15, -0.1) is 0 Å². The van der Waals surface area contributed by atoms with Crippen molar-refractivity contribution >= 4 is 17.3 Å². The molecule has 4 nitrogen and oxygen atoms in total. The van der Waals surface area contributed by atoms with Crippen molar-refractivity contribution in [2.24, 2.45) is 0 Å². The van der Waals surface area contributed by atoms with E-state index in [1.807, 2.05) is 18.2 Å². The van der Waals surface area contributed by atoms with Gasteiger partial charge in [-0.2, -0.15) is 0 Å². The Morgan fingerprint density at radius 2 is 2.18 bits per heavy atom. The third-order valence-corrected chi connectivity index (χ3v) is 2.99. The lowest BCUT2D eigenvalue weighted by molar-refractivity contribution is -0.115. The van der Waals surface area contributed by atoms with Crippen LogP contribution in [0.3, 0.4) is 0 Å². The Bertz CT molecular complexity index is 429. The van der Waals surface area contributed by atoms with E-state index in [1.54, 1.807) is 7.11 Å². The van der Waals surface area contributed by atoms with Gasteiger partial charge in [-0.25, -0.2) is 0 Å². The standard InChI is InChI=1S/C13H18N2O2/c1-9(2)15-7-6-13(16)14-11-8-10(17-3)4-5-12(11)15/h4-5,8-9H,6-7H2,1-3H3,(H,14,16). The molecule has 1 aliphatic rings. The molecule has 0 saturated heterocycles. The van der Waals surface area contributed by atoms with E-state index in [0.717, 1.165) is 23.7 Å². The maximum Gasteiger partial charge on any atom is 0.226 e. The number of carbonyl (C=O) groups is 1. The molecule has 0 aromatic heterocycles. The third-order valence-electron chi connectivity index (χ3n) is 2.99. The molecule has 0 fully saturated rings. The van der Waals surface area contributed by atoms with Gasteiger partial charge in [0.2, 0.25) is 5.91 Å². The number of rotatable bonds is 2. The molecular formula is C13H18N2O2. The van der Waals surface area contributed by atoms with E-state index in [2.05, 4.69) is 24.1 Å². The summed E-state index contributed by atoms with van der Waals surface area (Å²) in [5.74, 6) is 0.817. The molecular weight excluding hydrogens is 216 g/mol. The summed E-state index contributed by atoms with van der Waals surface area (Å²) in [5, 5.41) is 2.92. The van der Waals surface area contributed by atoms with Gasteiger partial charge in [-0.3, -0.25) is 4.79 Å². The number of ether oxygens (including phenoxy) is 1. The van der Waals surface area contributed by atoms with E-state index < -0.39 is 0 Å². The van der Waals surface area contributed by atoms with Crippen LogP contribution in [0.4, 0.5) is 11.4 Å². The SMILES string of the molecule is COc1ccc2c(c1)NC(=O)CCN2C(C)C. The first-order valence-electron chi connectivity index (χ1n) is 5.86. The number of benzene rings is 1. The molecule has 0 spiro atoms. The third kappa shape index (κ3) is 2.35. The van der Waals surface area contributed by atoms with Crippen LogP contribution in [0.1, 0.15) is 20.3 Å². The molecule has 4 heteroatoms. The molecule has 1 aliphatic heterocycles. The summed E-state index contributed by atoms with van der Waals surface area (Å²) in [7, 11) is 1.63. The molecule has 0 bridgehead atoms. The molecule has 2 rings (SSSR count).